The Hall–Kier alpha value is -7.05. The van der Waals surface area contributed by atoms with Crippen molar-refractivity contribution in [2.24, 2.45) is 0 Å². The van der Waals surface area contributed by atoms with Crippen molar-refractivity contribution in [2.45, 2.75) is 48.2 Å². The number of ether oxygens (including phenoxy) is 6. The van der Waals surface area contributed by atoms with Crippen LogP contribution in [0.15, 0.2) is 42.0 Å². The van der Waals surface area contributed by atoms with Gasteiger partial charge in [0.25, 0.3) is 5.79 Å². The minimum absolute atomic E-state index is 0.315. The van der Waals surface area contributed by atoms with Gasteiger partial charge in [-0.1, -0.05) is 0 Å². The number of ketones is 1. The van der Waals surface area contributed by atoms with Crippen molar-refractivity contribution < 1.29 is 114 Å². The van der Waals surface area contributed by atoms with Crippen molar-refractivity contribution >= 4 is 29.7 Å². The molecule has 0 radical (unpaired) electrons. The molecule has 4 bridgehead atoms. The maximum Gasteiger partial charge on any atom is 0.340 e. The van der Waals surface area contributed by atoms with Crippen molar-refractivity contribution in [1.82, 2.24) is 0 Å². The largest absolute Gasteiger partial charge is 0.504 e. The van der Waals surface area contributed by atoms with Crippen LogP contribution in [0.4, 0.5) is 0 Å². The molecule has 23 heteroatoms. The second-order valence-corrected chi connectivity index (χ2v) is 12.9. The molecule has 1 saturated heterocycles. The Balaban J connectivity index is 1.34. The van der Waals surface area contributed by atoms with Crippen molar-refractivity contribution in [3.05, 3.63) is 64.2 Å². The first kappa shape index (κ1) is 38.2. The monoisotopic (exact) mass is 802 g/mol. The number of aliphatic hydroxyl groups is 4. The lowest BCUT2D eigenvalue weighted by Gasteiger charge is -2.49. The van der Waals surface area contributed by atoms with Crippen LogP contribution in [-0.2, 0) is 33.3 Å². The van der Waals surface area contributed by atoms with E-state index in [1.807, 2.05) is 0 Å². The van der Waals surface area contributed by atoms with Gasteiger partial charge in [0.15, 0.2) is 58.2 Å². The maximum atomic E-state index is 14.0. The summed E-state index contributed by atoms with van der Waals surface area (Å²) in [6.07, 6.45) is -11.0. The molecule has 300 valence electrons. The summed E-state index contributed by atoms with van der Waals surface area (Å²) < 4.78 is 32.1. The van der Waals surface area contributed by atoms with E-state index in [-0.39, 0.29) is 0 Å². The number of phenolic OH excluding ortho intramolecular Hbond substituents is 8. The van der Waals surface area contributed by atoms with Gasteiger partial charge in [-0.3, -0.25) is 4.79 Å². The smallest absolute Gasteiger partial charge is 0.340 e. The first-order valence-electron chi connectivity index (χ1n) is 16.0. The number of hydrogen-bond acceptors (Lipinski definition) is 23. The van der Waals surface area contributed by atoms with Crippen molar-refractivity contribution in [1.29, 1.82) is 0 Å². The molecule has 23 nitrogen and oxygen atoms in total. The van der Waals surface area contributed by atoms with E-state index in [4.69, 9.17) is 28.4 Å². The lowest BCUT2D eigenvalue weighted by atomic mass is 9.70. The number of carbonyl (C=O) groups excluding carboxylic acids is 5. The van der Waals surface area contributed by atoms with Crippen LogP contribution in [-0.4, -0.2) is 140 Å². The third kappa shape index (κ3) is 5.84. The molecule has 12 N–H and O–H groups in total. The number of rotatable bonds is 5. The third-order valence-corrected chi connectivity index (χ3v) is 9.42. The molecule has 7 atom stereocenters. The summed E-state index contributed by atoms with van der Waals surface area (Å²) in [6.45, 7) is -1.10. The second-order valence-electron chi connectivity index (χ2n) is 12.9. The Kier molecular flexibility index (Phi) is 8.74. The van der Waals surface area contributed by atoms with Crippen LogP contribution < -0.4 is 4.74 Å². The molecule has 1 aliphatic carbocycles. The number of carbonyl (C=O) groups is 5. The first-order chi connectivity index (χ1) is 26.7. The molecule has 3 heterocycles. The molecule has 0 aromatic heterocycles. The van der Waals surface area contributed by atoms with Crippen molar-refractivity contribution in [3.8, 4) is 51.7 Å². The lowest BCUT2D eigenvalue weighted by Crippen LogP contribution is -2.70. The van der Waals surface area contributed by atoms with Gasteiger partial charge in [0.1, 0.15) is 18.8 Å². The summed E-state index contributed by atoms with van der Waals surface area (Å²) in [5, 5.41) is 125. The molecule has 2 unspecified atom stereocenters. The Labute approximate surface area is 314 Å². The molecule has 0 amide bonds. The topological polar surface area (TPSA) is 383 Å². The first-order valence-corrected chi connectivity index (χ1v) is 16.0. The van der Waals surface area contributed by atoms with E-state index in [1.54, 1.807) is 0 Å². The van der Waals surface area contributed by atoms with Gasteiger partial charge in [-0.15, -0.1) is 0 Å². The highest BCUT2D eigenvalue weighted by atomic mass is 16.7. The molecule has 57 heavy (non-hydrogen) atoms. The fraction of sp³-hybridized carbons (Fsp3) is 0.265. The second kappa shape index (κ2) is 13.0. The van der Waals surface area contributed by atoms with Crippen LogP contribution in [0, 0.1) is 0 Å². The highest BCUT2D eigenvalue weighted by Gasteiger charge is 2.70. The van der Waals surface area contributed by atoms with E-state index >= 15 is 0 Å². The van der Waals surface area contributed by atoms with E-state index < -0.39 is 164 Å². The fourth-order valence-corrected chi connectivity index (χ4v) is 6.56. The molecular weight excluding hydrogens is 776 g/mol. The van der Waals surface area contributed by atoms with Crippen LogP contribution in [0.25, 0.3) is 0 Å². The van der Waals surface area contributed by atoms with E-state index in [9.17, 15) is 85.3 Å². The summed E-state index contributed by atoms with van der Waals surface area (Å²) in [5.41, 5.74) is -4.17. The maximum absolute atomic E-state index is 14.0. The van der Waals surface area contributed by atoms with Crippen LogP contribution >= 0.6 is 0 Å². The van der Waals surface area contributed by atoms with Gasteiger partial charge in [0.05, 0.1) is 28.2 Å². The third-order valence-electron chi connectivity index (χ3n) is 9.42. The molecule has 4 aliphatic rings. The lowest BCUT2D eigenvalue weighted by molar-refractivity contribution is -0.339. The molecule has 0 spiro atoms. The summed E-state index contributed by atoms with van der Waals surface area (Å²) in [4.78, 5) is 67.3. The zero-order valence-electron chi connectivity index (χ0n) is 28.0. The minimum atomic E-state index is -3.86. The summed E-state index contributed by atoms with van der Waals surface area (Å²) in [7, 11) is 0. The van der Waals surface area contributed by atoms with Crippen LogP contribution in [0.3, 0.4) is 0 Å². The Morgan fingerprint density at radius 1 is 0.702 bits per heavy atom. The van der Waals surface area contributed by atoms with Crippen LogP contribution in [0.2, 0.25) is 0 Å². The van der Waals surface area contributed by atoms with E-state index in [1.165, 1.54) is 0 Å². The number of fused-ring (bicyclic) bond motifs is 3. The van der Waals surface area contributed by atoms with Gasteiger partial charge in [-0.05, 0) is 36.4 Å². The normalized spacial score (nSPS) is 27.1. The average molecular weight is 803 g/mol. The summed E-state index contributed by atoms with van der Waals surface area (Å²) >= 11 is 0. The number of benzene rings is 3. The van der Waals surface area contributed by atoms with Gasteiger partial charge in [-0.25, -0.2) is 19.2 Å². The Morgan fingerprint density at radius 3 is 1.81 bits per heavy atom. The van der Waals surface area contributed by atoms with Gasteiger partial charge in [0, 0.05) is 5.56 Å². The standard InChI is InChI=1S/C34H26O23/c35-12-1-8(2-13(36)21(12)41)28(45)52-7-17-25-24(44)27(32(53-17)56-29(46)9-3-14(37)22(42)15(38)4-9)55-31(48)11-6-18(40)34(51)33(49,50)20(11)19-10(30(47)54-25)5-16(39)23(43)26(19)57-34/h1-6,17,20,24-25,27,32,35-39,41-44,49-51H,7H2/t17-,20?,24+,25-,27-,32+,34?/m1/s1. The van der Waals surface area contributed by atoms with E-state index in [0.29, 0.717) is 36.4 Å². The molecular formula is C34H26O23. The number of esters is 4. The predicted octanol–water partition coefficient (Wildman–Crippen LogP) is -2.06. The number of phenols is 8. The Morgan fingerprint density at radius 2 is 1.23 bits per heavy atom. The van der Waals surface area contributed by atoms with Crippen molar-refractivity contribution in [3.63, 3.8) is 0 Å². The number of aliphatic hydroxyl groups excluding tert-OH is 1. The quantitative estimate of drug-likeness (QED) is 0.0571. The SMILES string of the molecule is O=C1O[C@H]2[C@H](OC(=O)c3cc(O)c(O)c(O)c3)O[C@H](COC(=O)c3cc(O)c(O)c(O)c3)[C@@H](OC(=O)c3cc(O)c(O)c4c3C3C1=CC(=O)C(O)(O4)C3(O)O)[C@@H]2O. The average Bonchev–Trinajstić information content (AvgIpc) is 3.15. The number of hydrogen-bond donors (Lipinski definition) is 12. The highest BCUT2D eigenvalue weighted by molar-refractivity contribution is 6.08. The zero-order valence-corrected chi connectivity index (χ0v) is 28.0. The summed E-state index contributed by atoms with van der Waals surface area (Å²) in [6, 6.07) is 3.07. The van der Waals surface area contributed by atoms with Crippen LogP contribution in [0.5, 0.6) is 51.7 Å². The van der Waals surface area contributed by atoms with E-state index in [0.717, 1.165) is 0 Å². The minimum Gasteiger partial charge on any atom is -0.504 e. The van der Waals surface area contributed by atoms with E-state index in [2.05, 4.69) is 0 Å². The summed E-state index contributed by atoms with van der Waals surface area (Å²) in [5.74, 6) is -27.6. The number of aromatic hydroxyl groups is 8. The predicted molar refractivity (Wildman–Crippen MR) is 171 cm³/mol. The molecule has 3 aromatic carbocycles. The van der Waals surface area contributed by atoms with Gasteiger partial charge in [-0.2, -0.15) is 0 Å². The highest BCUT2D eigenvalue weighted by Crippen LogP contribution is 2.58. The van der Waals surface area contributed by atoms with Crippen LogP contribution in [0.1, 0.15) is 42.6 Å². The molecule has 0 saturated carbocycles. The van der Waals surface area contributed by atoms with Gasteiger partial charge >= 0.3 is 29.7 Å². The molecule has 7 rings (SSSR count). The fourth-order valence-electron chi connectivity index (χ4n) is 6.56. The van der Waals surface area contributed by atoms with Gasteiger partial charge < -0.3 is 89.7 Å². The molecule has 3 aliphatic heterocycles. The molecule has 3 aromatic rings. The zero-order chi connectivity index (χ0) is 41.6. The molecule has 1 fully saturated rings. The van der Waals surface area contributed by atoms with Gasteiger partial charge in [0.2, 0.25) is 17.8 Å². The Bertz CT molecular complexity index is 2280. The van der Waals surface area contributed by atoms with Crippen molar-refractivity contribution in [2.75, 3.05) is 6.61 Å².